The maximum atomic E-state index is 12.5. The van der Waals surface area contributed by atoms with E-state index in [1.165, 1.54) is 6.42 Å². The fourth-order valence-electron chi connectivity index (χ4n) is 3.54. The van der Waals surface area contributed by atoms with Crippen molar-refractivity contribution in [2.45, 2.75) is 52.1 Å². The molecule has 1 fully saturated rings. The zero-order valence-electron chi connectivity index (χ0n) is 18.2. The van der Waals surface area contributed by atoms with Crippen molar-refractivity contribution in [3.8, 4) is 5.75 Å². The van der Waals surface area contributed by atoms with E-state index in [9.17, 15) is 9.59 Å². The zero-order valence-corrected chi connectivity index (χ0v) is 19.7. The lowest BCUT2D eigenvalue weighted by Crippen LogP contribution is -2.34. The van der Waals surface area contributed by atoms with Crippen LogP contribution in [0.25, 0.3) is 0 Å². The number of hydrogen-bond donors (Lipinski definition) is 2. The summed E-state index contributed by atoms with van der Waals surface area (Å²) in [4.78, 5) is 24.9. The molecule has 3 rings (SSSR count). The number of halogens is 2. The van der Waals surface area contributed by atoms with Gasteiger partial charge in [0.05, 0.1) is 10.7 Å². The van der Waals surface area contributed by atoms with Crippen molar-refractivity contribution >= 4 is 46.4 Å². The standard InChI is InChI=1S/C24H27Cl2N3O3/c1-15(28-29-23(30)16(2)32-22-12-11-19(25)14-21(22)26)18-9-6-10-20(13-18)27-24(31)17-7-4-3-5-8-17/h6,9-14,16-17H,3-5,7-8H2,1-2H3,(H,27,31)(H,29,30)/b28-15+. The Morgan fingerprint density at radius 2 is 1.84 bits per heavy atom. The van der Waals surface area contributed by atoms with Crippen LogP contribution in [0.4, 0.5) is 5.69 Å². The van der Waals surface area contributed by atoms with Crippen LogP contribution in [-0.4, -0.2) is 23.6 Å². The van der Waals surface area contributed by atoms with E-state index in [1.54, 1.807) is 32.0 Å². The SMILES string of the molecule is C/C(=N\NC(=O)C(C)Oc1ccc(Cl)cc1Cl)c1cccc(NC(=O)C2CCCCC2)c1. The Hall–Kier alpha value is -2.57. The minimum atomic E-state index is -0.814. The Bertz CT molecular complexity index is 1000. The van der Waals surface area contributed by atoms with E-state index in [0.29, 0.717) is 27.2 Å². The Morgan fingerprint density at radius 1 is 1.09 bits per heavy atom. The smallest absolute Gasteiger partial charge is 0.280 e. The number of rotatable bonds is 7. The highest BCUT2D eigenvalue weighted by atomic mass is 35.5. The summed E-state index contributed by atoms with van der Waals surface area (Å²) in [5.74, 6) is 0.0895. The number of hydrazone groups is 1. The first-order valence-electron chi connectivity index (χ1n) is 10.7. The van der Waals surface area contributed by atoms with Crippen LogP contribution in [0, 0.1) is 5.92 Å². The second-order valence-electron chi connectivity index (χ2n) is 7.91. The number of hydrogen-bond acceptors (Lipinski definition) is 4. The number of benzene rings is 2. The van der Waals surface area contributed by atoms with Crippen LogP contribution in [0.3, 0.4) is 0 Å². The molecule has 2 aromatic carbocycles. The van der Waals surface area contributed by atoms with Crippen molar-refractivity contribution in [2.24, 2.45) is 11.0 Å². The number of carbonyl (C=O) groups is 2. The highest BCUT2D eigenvalue weighted by molar-refractivity contribution is 6.35. The molecule has 2 amide bonds. The Morgan fingerprint density at radius 3 is 2.56 bits per heavy atom. The lowest BCUT2D eigenvalue weighted by Gasteiger charge is -2.20. The molecule has 0 heterocycles. The monoisotopic (exact) mass is 475 g/mol. The Labute approximate surface area is 198 Å². The molecule has 0 bridgehead atoms. The van der Waals surface area contributed by atoms with E-state index in [-0.39, 0.29) is 11.8 Å². The molecule has 2 aromatic rings. The minimum absolute atomic E-state index is 0.0663. The van der Waals surface area contributed by atoms with Crippen molar-refractivity contribution in [1.82, 2.24) is 5.43 Å². The van der Waals surface area contributed by atoms with E-state index < -0.39 is 12.0 Å². The number of anilines is 1. The topological polar surface area (TPSA) is 79.8 Å². The van der Waals surface area contributed by atoms with Crippen molar-refractivity contribution in [1.29, 1.82) is 0 Å². The van der Waals surface area contributed by atoms with Gasteiger partial charge in [-0.25, -0.2) is 5.43 Å². The second-order valence-corrected chi connectivity index (χ2v) is 8.76. The van der Waals surface area contributed by atoms with Gasteiger partial charge in [0.25, 0.3) is 5.91 Å². The summed E-state index contributed by atoms with van der Waals surface area (Å²) < 4.78 is 5.60. The maximum absolute atomic E-state index is 12.5. The van der Waals surface area contributed by atoms with Crippen LogP contribution >= 0.6 is 23.2 Å². The average Bonchev–Trinajstić information content (AvgIpc) is 2.79. The maximum Gasteiger partial charge on any atom is 0.280 e. The van der Waals surface area contributed by atoms with Crippen LogP contribution in [0.5, 0.6) is 5.75 Å². The van der Waals surface area contributed by atoms with Gasteiger partial charge >= 0.3 is 0 Å². The molecule has 2 N–H and O–H groups in total. The van der Waals surface area contributed by atoms with Gasteiger partial charge in [-0.05, 0) is 62.6 Å². The predicted molar refractivity (Wildman–Crippen MR) is 129 cm³/mol. The molecule has 32 heavy (non-hydrogen) atoms. The molecule has 1 aliphatic carbocycles. The third-order valence-electron chi connectivity index (χ3n) is 5.42. The minimum Gasteiger partial charge on any atom is -0.479 e. The van der Waals surface area contributed by atoms with Crippen LogP contribution in [-0.2, 0) is 9.59 Å². The van der Waals surface area contributed by atoms with Gasteiger partial charge in [0, 0.05) is 16.6 Å². The van der Waals surface area contributed by atoms with Gasteiger partial charge in [-0.2, -0.15) is 5.10 Å². The van der Waals surface area contributed by atoms with Gasteiger partial charge in [0.15, 0.2) is 6.10 Å². The summed E-state index contributed by atoms with van der Waals surface area (Å²) in [6.45, 7) is 3.39. The van der Waals surface area contributed by atoms with Crippen molar-refractivity contribution < 1.29 is 14.3 Å². The molecule has 8 heteroatoms. The van der Waals surface area contributed by atoms with Crippen LogP contribution in [0.2, 0.25) is 10.0 Å². The van der Waals surface area contributed by atoms with E-state index >= 15 is 0 Å². The summed E-state index contributed by atoms with van der Waals surface area (Å²) in [7, 11) is 0. The van der Waals surface area contributed by atoms with Crippen molar-refractivity contribution in [3.05, 3.63) is 58.1 Å². The third kappa shape index (κ3) is 6.71. The van der Waals surface area contributed by atoms with Gasteiger partial charge in [0.1, 0.15) is 5.75 Å². The Kier molecular flexibility index (Phi) is 8.53. The molecule has 0 radical (unpaired) electrons. The molecule has 0 aliphatic heterocycles. The van der Waals surface area contributed by atoms with Crippen LogP contribution < -0.4 is 15.5 Å². The number of ether oxygens (including phenoxy) is 1. The summed E-state index contributed by atoms with van der Waals surface area (Å²) in [6.07, 6.45) is 4.49. The van der Waals surface area contributed by atoms with E-state index in [0.717, 1.165) is 31.2 Å². The number of carbonyl (C=O) groups excluding carboxylic acids is 2. The van der Waals surface area contributed by atoms with Crippen molar-refractivity contribution in [3.63, 3.8) is 0 Å². The largest absolute Gasteiger partial charge is 0.479 e. The summed E-state index contributed by atoms with van der Waals surface area (Å²) in [5.41, 5.74) is 4.62. The van der Waals surface area contributed by atoms with Crippen molar-refractivity contribution in [2.75, 3.05) is 5.32 Å². The van der Waals surface area contributed by atoms with Crippen LogP contribution in [0.15, 0.2) is 47.6 Å². The summed E-state index contributed by atoms with van der Waals surface area (Å²) in [5, 5.41) is 7.98. The first-order valence-corrected chi connectivity index (χ1v) is 11.5. The normalized spacial score (nSPS) is 15.7. The second kappa shape index (κ2) is 11.3. The molecule has 6 nitrogen and oxygen atoms in total. The van der Waals surface area contributed by atoms with Gasteiger partial charge in [-0.3, -0.25) is 9.59 Å². The first kappa shape index (κ1) is 24.1. The molecule has 1 aliphatic rings. The van der Waals surface area contributed by atoms with Gasteiger partial charge in [-0.15, -0.1) is 0 Å². The van der Waals surface area contributed by atoms with Gasteiger partial charge in [0.2, 0.25) is 5.91 Å². The fourth-order valence-corrected chi connectivity index (χ4v) is 3.99. The molecular formula is C24H27Cl2N3O3. The lowest BCUT2D eigenvalue weighted by molar-refractivity contribution is -0.127. The van der Waals surface area contributed by atoms with Crippen LogP contribution in [0.1, 0.15) is 51.5 Å². The quantitative estimate of drug-likeness (QED) is 0.390. The molecule has 0 saturated heterocycles. The van der Waals surface area contributed by atoms with Gasteiger partial charge in [-0.1, -0.05) is 54.6 Å². The highest BCUT2D eigenvalue weighted by Crippen LogP contribution is 2.28. The molecule has 1 saturated carbocycles. The predicted octanol–water partition coefficient (Wildman–Crippen LogP) is 5.82. The molecule has 1 atom stereocenters. The first-order chi connectivity index (χ1) is 15.3. The van der Waals surface area contributed by atoms with E-state index in [1.807, 2.05) is 24.3 Å². The molecule has 0 spiro atoms. The Balaban J connectivity index is 1.58. The number of nitrogens with zero attached hydrogens (tertiary/aromatic N) is 1. The molecule has 0 aromatic heterocycles. The lowest BCUT2D eigenvalue weighted by atomic mass is 9.88. The molecule has 1 unspecified atom stereocenters. The number of amides is 2. The van der Waals surface area contributed by atoms with E-state index in [2.05, 4.69) is 15.8 Å². The molecular weight excluding hydrogens is 449 g/mol. The molecule has 170 valence electrons. The summed E-state index contributed by atoms with van der Waals surface area (Å²) >= 11 is 12.0. The fraction of sp³-hybridized carbons (Fsp3) is 0.375. The van der Waals surface area contributed by atoms with E-state index in [4.69, 9.17) is 27.9 Å². The zero-order chi connectivity index (χ0) is 23.1. The average molecular weight is 476 g/mol. The third-order valence-corrected chi connectivity index (χ3v) is 5.96. The highest BCUT2D eigenvalue weighted by Gasteiger charge is 2.21. The van der Waals surface area contributed by atoms with Gasteiger partial charge < -0.3 is 10.1 Å². The summed E-state index contributed by atoms with van der Waals surface area (Å²) in [6, 6.07) is 12.2. The number of nitrogens with one attached hydrogen (secondary N) is 2.